The molecule has 1 aliphatic carbocycles. The molecule has 0 aromatic rings. The maximum Gasteiger partial charge on any atom is 0.242 e. The Hall–Kier alpha value is -1.59. The second-order valence-corrected chi connectivity index (χ2v) is 6.61. The lowest BCUT2D eigenvalue weighted by atomic mass is 10.2. The number of hydrogen-bond donors (Lipinski definition) is 0. The molecule has 1 saturated carbocycles. The van der Waals surface area contributed by atoms with E-state index >= 15 is 0 Å². The third kappa shape index (κ3) is 3.59. The molecule has 122 valence electrons. The summed E-state index contributed by atoms with van der Waals surface area (Å²) in [6.07, 6.45) is 5.60. The first-order valence-electron chi connectivity index (χ1n) is 8.49. The molecule has 3 aliphatic rings. The van der Waals surface area contributed by atoms with Crippen molar-refractivity contribution >= 4 is 17.7 Å². The number of carbonyl (C=O) groups is 3. The molecule has 22 heavy (non-hydrogen) atoms. The summed E-state index contributed by atoms with van der Waals surface area (Å²) in [5.41, 5.74) is 0. The molecule has 3 rings (SSSR count). The van der Waals surface area contributed by atoms with Gasteiger partial charge < -0.3 is 14.7 Å². The van der Waals surface area contributed by atoms with Crippen molar-refractivity contribution in [3.63, 3.8) is 0 Å². The van der Waals surface area contributed by atoms with E-state index in [9.17, 15) is 14.4 Å². The standard InChI is InChI=1S/C16H25N3O3/c20-14-4-2-1-3-7-19(14)12-15(21)17-8-10-18(11-9-17)16(22)13-5-6-13/h13H,1-12H2. The Balaban J connectivity index is 1.46. The van der Waals surface area contributed by atoms with E-state index in [1.54, 1.807) is 9.80 Å². The van der Waals surface area contributed by atoms with Crippen LogP contribution in [0.5, 0.6) is 0 Å². The molecular formula is C16H25N3O3. The van der Waals surface area contributed by atoms with Crippen LogP contribution in [0.4, 0.5) is 0 Å². The van der Waals surface area contributed by atoms with Gasteiger partial charge in [-0.05, 0) is 25.7 Å². The number of rotatable bonds is 3. The molecule has 2 saturated heterocycles. The Bertz CT molecular complexity index is 454. The largest absolute Gasteiger partial charge is 0.339 e. The number of carbonyl (C=O) groups excluding carboxylic acids is 3. The van der Waals surface area contributed by atoms with E-state index in [2.05, 4.69) is 0 Å². The van der Waals surface area contributed by atoms with Crippen LogP contribution in [0, 0.1) is 5.92 Å². The minimum Gasteiger partial charge on any atom is -0.339 e. The van der Waals surface area contributed by atoms with Crippen molar-refractivity contribution in [2.24, 2.45) is 5.92 Å². The lowest BCUT2D eigenvalue weighted by Gasteiger charge is -2.36. The molecule has 6 nitrogen and oxygen atoms in total. The predicted molar refractivity (Wildman–Crippen MR) is 80.9 cm³/mol. The van der Waals surface area contributed by atoms with E-state index < -0.39 is 0 Å². The number of amides is 3. The SMILES string of the molecule is O=C(CN1CCCCCC1=O)N1CCN(C(=O)C2CC2)CC1. The number of nitrogens with zero attached hydrogens (tertiary/aromatic N) is 3. The van der Waals surface area contributed by atoms with Crippen molar-refractivity contribution in [1.29, 1.82) is 0 Å². The van der Waals surface area contributed by atoms with E-state index in [-0.39, 0.29) is 30.2 Å². The van der Waals surface area contributed by atoms with Gasteiger partial charge in [0.05, 0.1) is 6.54 Å². The second kappa shape index (κ2) is 6.67. The maximum absolute atomic E-state index is 12.4. The highest BCUT2D eigenvalue weighted by Gasteiger charge is 2.35. The fourth-order valence-corrected chi connectivity index (χ4v) is 3.23. The van der Waals surface area contributed by atoms with E-state index in [1.165, 1.54) is 0 Å². The molecule has 0 unspecified atom stereocenters. The van der Waals surface area contributed by atoms with Gasteiger partial charge in [0.1, 0.15) is 0 Å². The minimum absolute atomic E-state index is 0.0220. The highest BCUT2D eigenvalue weighted by atomic mass is 16.2. The summed E-state index contributed by atoms with van der Waals surface area (Å²) in [6, 6.07) is 0. The average Bonchev–Trinajstić information content (AvgIpc) is 3.37. The van der Waals surface area contributed by atoms with Crippen LogP contribution in [0.3, 0.4) is 0 Å². The van der Waals surface area contributed by atoms with Gasteiger partial charge >= 0.3 is 0 Å². The Labute approximate surface area is 131 Å². The van der Waals surface area contributed by atoms with Crippen molar-refractivity contribution in [2.45, 2.75) is 38.5 Å². The van der Waals surface area contributed by atoms with Gasteiger partial charge in [-0.2, -0.15) is 0 Å². The van der Waals surface area contributed by atoms with Crippen molar-refractivity contribution in [2.75, 3.05) is 39.3 Å². The Morgan fingerprint density at radius 1 is 0.909 bits per heavy atom. The summed E-state index contributed by atoms with van der Waals surface area (Å²) in [7, 11) is 0. The topological polar surface area (TPSA) is 60.9 Å². The summed E-state index contributed by atoms with van der Waals surface area (Å²) >= 11 is 0. The molecule has 3 fully saturated rings. The van der Waals surface area contributed by atoms with Crippen LogP contribution in [-0.2, 0) is 14.4 Å². The van der Waals surface area contributed by atoms with Crippen LogP contribution >= 0.6 is 0 Å². The molecule has 0 spiro atoms. The van der Waals surface area contributed by atoms with Crippen LogP contribution in [0.25, 0.3) is 0 Å². The first-order valence-corrected chi connectivity index (χ1v) is 8.49. The number of piperazine rings is 1. The molecular weight excluding hydrogens is 282 g/mol. The van der Waals surface area contributed by atoms with E-state index in [0.29, 0.717) is 39.1 Å². The van der Waals surface area contributed by atoms with Crippen LogP contribution < -0.4 is 0 Å². The maximum atomic E-state index is 12.4. The van der Waals surface area contributed by atoms with E-state index in [0.717, 1.165) is 32.1 Å². The van der Waals surface area contributed by atoms with Gasteiger partial charge in [-0.25, -0.2) is 0 Å². The van der Waals surface area contributed by atoms with Gasteiger partial charge in [0.2, 0.25) is 17.7 Å². The smallest absolute Gasteiger partial charge is 0.242 e. The van der Waals surface area contributed by atoms with Gasteiger partial charge in [-0.15, -0.1) is 0 Å². The van der Waals surface area contributed by atoms with Crippen molar-refractivity contribution in [3.05, 3.63) is 0 Å². The Morgan fingerprint density at radius 3 is 2.27 bits per heavy atom. The summed E-state index contributed by atoms with van der Waals surface area (Å²) in [6.45, 7) is 3.36. The number of hydrogen-bond acceptors (Lipinski definition) is 3. The molecule has 2 aliphatic heterocycles. The number of likely N-dealkylation sites (tertiary alicyclic amines) is 1. The highest BCUT2D eigenvalue weighted by Crippen LogP contribution is 2.31. The zero-order chi connectivity index (χ0) is 15.5. The zero-order valence-electron chi connectivity index (χ0n) is 13.1. The molecule has 0 radical (unpaired) electrons. The second-order valence-electron chi connectivity index (χ2n) is 6.61. The van der Waals surface area contributed by atoms with Crippen LogP contribution in [0.1, 0.15) is 38.5 Å². The highest BCUT2D eigenvalue weighted by molar-refractivity contribution is 5.85. The van der Waals surface area contributed by atoms with Crippen molar-refractivity contribution < 1.29 is 14.4 Å². The van der Waals surface area contributed by atoms with Crippen molar-refractivity contribution in [3.8, 4) is 0 Å². The van der Waals surface area contributed by atoms with Gasteiger partial charge in [-0.1, -0.05) is 6.42 Å². The molecule has 2 heterocycles. The van der Waals surface area contributed by atoms with Crippen LogP contribution in [0.2, 0.25) is 0 Å². The zero-order valence-corrected chi connectivity index (χ0v) is 13.1. The summed E-state index contributed by atoms with van der Waals surface area (Å²) < 4.78 is 0. The predicted octanol–water partition coefficient (Wildman–Crippen LogP) is 0.470. The quantitative estimate of drug-likeness (QED) is 0.761. The summed E-state index contributed by atoms with van der Waals surface area (Å²) in [4.78, 5) is 41.7. The molecule has 6 heteroatoms. The fourth-order valence-electron chi connectivity index (χ4n) is 3.23. The van der Waals surface area contributed by atoms with E-state index in [4.69, 9.17) is 0 Å². The lowest BCUT2D eigenvalue weighted by Crippen LogP contribution is -2.53. The van der Waals surface area contributed by atoms with Crippen LogP contribution in [-0.4, -0.2) is 71.7 Å². The fraction of sp³-hybridized carbons (Fsp3) is 0.812. The molecule has 0 bridgehead atoms. The van der Waals surface area contributed by atoms with Gasteiger partial charge in [-0.3, -0.25) is 14.4 Å². The first-order chi connectivity index (χ1) is 10.6. The van der Waals surface area contributed by atoms with Crippen molar-refractivity contribution in [1.82, 2.24) is 14.7 Å². The van der Waals surface area contributed by atoms with E-state index in [1.807, 2.05) is 4.90 Å². The first kappa shape index (κ1) is 15.3. The molecule has 0 aromatic heterocycles. The molecule has 3 amide bonds. The molecule has 0 aromatic carbocycles. The summed E-state index contributed by atoms with van der Waals surface area (Å²) in [5, 5.41) is 0. The third-order valence-corrected chi connectivity index (χ3v) is 4.87. The van der Waals surface area contributed by atoms with Gasteiger partial charge in [0.25, 0.3) is 0 Å². The molecule has 0 atom stereocenters. The van der Waals surface area contributed by atoms with Gasteiger partial charge in [0, 0.05) is 45.1 Å². The summed E-state index contributed by atoms with van der Waals surface area (Å²) in [5.74, 6) is 0.633. The normalized spacial score (nSPS) is 23.5. The Morgan fingerprint density at radius 2 is 1.59 bits per heavy atom. The Kier molecular flexibility index (Phi) is 4.64. The molecule has 0 N–H and O–H groups in total. The minimum atomic E-state index is 0.0220. The third-order valence-electron chi connectivity index (χ3n) is 4.87. The lowest BCUT2D eigenvalue weighted by molar-refractivity contribution is -0.143. The van der Waals surface area contributed by atoms with Gasteiger partial charge in [0.15, 0.2) is 0 Å². The average molecular weight is 307 g/mol. The van der Waals surface area contributed by atoms with Crippen LogP contribution in [0.15, 0.2) is 0 Å². The monoisotopic (exact) mass is 307 g/mol.